The minimum Gasteiger partial charge on any atom is -0.506 e. The highest BCUT2D eigenvalue weighted by atomic mass is 127. The number of benzene rings is 2. The zero-order chi connectivity index (χ0) is 15.0. The first-order valence-corrected chi connectivity index (χ1v) is 8.33. The molecule has 1 aliphatic rings. The fourth-order valence-electron chi connectivity index (χ4n) is 2.11. The summed E-state index contributed by atoms with van der Waals surface area (Å²) in [6, 6.07) is 9.38. The lowest BCUT2D eigenvalue weighted by molar-refractivity contribution is -0.115. The van der Waals surface area contributed by atoms with Gasteiger partial charge >= 0.3 is 0 Å². The molecule has 2 aromatic rings. The van der Waals surface area contributed by atoms with Crippen molar-refractivity contribution in [3.8, 4) is 5.75 Å². The number of anilines is 1. The number of carbonyl (C=O) groups excluding carboxylic acids is 1. The number of hydrogen-bond acceptors (Lipinski definition) is 3. The summed E-state index contributed by atoms with van der Waals surface area (Å²) in [5.41, 5.74) is 3.22. The molecule has 4 nitrogen and oxygen atoms in total. The van der Waals surface area contributed by atoms with Gasteiger partial charge in [-0.1, -0.05) is 6.07 Å². The molecular weight excluding hydrogens is 494 g/mol. The van der Waals surface area contributed by atoms with Crippen LogP contribution in [0.25, 0.3) is 0 Å². The van der Waals surface area contributed by atoms with Crippen molar-refractivity contribution in [2.24, 2.45) is 4.99 Å². The zero-order valence-corrected chi connectivity index (χ0v) is 15.0. The Kier molecular flexibility index (Phi) is 4.16. The summed E-state index contributed by atoms with van der Waals surface area (Å²) in [5, 5.41) is 12.8. The van der Waals surface area contributed by atoms with Crippen LogP contribution >= 0.6 is 45.2 Å². The molecule has 0 unspecified atom stereocenters. The van der Waals surface area contributed by atoms with E-state index < -0.39 is 0 Å². The smallest absolute Gasteiger partial charge is 0.228 e. The highest BCUT2D eigenvalue weighted by Crippen LogP contribution is 2.29. The number of fused-ring (bicyclic) bond motifs is 1. The molecule has 0 spiro atoms. The average molecular weight is 504 g/mol. The van der Waals surface area contributed by atoms with Gasteiger partial charge in [-0.25, -0.2) is 0 Å². The summed E-state index contributed by atoms with van der Waals surface area (Å²) in [7, 11) is 0. The zero-order valence-electron chi connectivity index (χ0n) is 10.7. The fraction of sp³-hybridized carbons (Fsp3) is 0.0667. The molecule has 3 rings (SSSR count). The summed E-state index contributed by atoms with van der Waals surface area (Å²) < 4.78 is 1.83. The summed E-state index contributed by atoms with van der Waals surface area (Å²) in [6.07, 6.45) is 2.06. The average Bonchev–Trinajstić information content (AvgIpc) is 2.80. The number of nitrogens with one attached hydrogen (secondary N) is 1. The molecule has 2 N–H and O–H groups in total. The third kappa shape index (κ3) is 3.20. The van der Waals surface area contributed by atoms with Gasteiger partial charge in [-0.3, -0.25) is 9.79 Å². The number of phenols is 1. The summed E-state index contributed by atoms with van der Waals surface area (Å²) in [5.74, 6) is 0.241. The minimum atomic E-state index is 0.0101. The Hall–Kier alpha value is -1.16. The Morgan fingerprint density at radius 2 is 2.05 bits per heavy atom. The first-order valence-electron chi connectivity index (χ1n) is 6.18. The van der Waals surface area contributed by atoms with Gasteiger partial charge in [-0.15, -0.1) is 0 Å². The van der Waals surface area contributed by atoms with E-state index in [1.165, 1.54) is 0 Å². The summed E-state index contributed by atoms with van der Waals surface area (Å²) in [6.45, 7) is 0. The van der Waals surface area contributed by atoms with Gasteiger partial charge in [0.1, 0.15) is 5.75 Å². The van der Waals surface area contributed by atoms with Crippen molar-refractivity contribution in [3.05, 3.63) is 48.6 Å². The predicted octanol–water partition coefficient (Wildman–Crippen LogP) is 3.85. The molecule has 0 fully saturated rings. The normalized spacial score (nSPS) is 13.5. The lowest BCUT2D eigenvalue weighted by Crippen LogP contribution is -2.03. The van der Waals surface area contributed by atoms with Crippen LogP contribution in [0, 0.1) is 7.14 Å². The van der Waals surface area contributed by atoms with Crippen LogP contribution in [0.4, 0.5) is 11.4 Å². The lowest BCUT2D eigenvalue weighted by atomic mass is 10.1. The second kappa shape index (κ2) is 5.91. The van der Waals surface area contributed by atoms with Crippen molar-refractivity contribution < 1.29 is 9.90 Å². The maximum atomic E-state index is 11.3. The van der Waals surface area contributed by atoms with E-state index in [1.54, 1.807) is 6.21 Å². The molecule has 1 aliphatic heterocycles. The van der Waals surface area contributed by atoms with E-state index in [4.69, 9.17) is 0 Å². The molecule has 106 valence electrons. The van der Waals surface area contributed by atoms with Crippen LogP contribution in [-0.4, -0.2) is 17.2 Å². The van der Waals surface area contributed by atoms with Crippen molar-refractivity contribution in [1.82, 2.24) is 0 Å². The molecule has 0 atom stereocenters. The van der Waals surface area contributed by atoms with Gasteiger partial charge < -0.3 is 10.4 Å². The van der Waals surface area contributed by atoms with Crippen LogP contribution in [0.15, 0.2) is 35.3 Å². The number of phenolic OH excluding ortho intramolecular Hbond substituents is 1. The number of halogens is 2. The van der Waals surface area contributed by atoms with Gasteiger partial charge in [-0.2, -0.15) is 0 Å². The van der Waals surface area contributed by atoms with Crippen molar-refractivity contribution in [1.29, 1.82) is 0 Å². The van der Waals surface area contributed by atoms with Gasteiger partial charge in [0.05, 0.1) is 15.7 Å². The van der Waals surface area contributed by atoms with Crippen molar-refractivity contribution in [2.45, 2.75) is 6.42 Å². The standard InChI is InChI=1S/C15H10I2N2O2/c16-10-3-9(15(21)12(17)5-10)7-18-11-2-1-8-4-14(20)19-13(8)6-11/h1-3,5-7,21H,4H2,(H,19,20). The lowest BCUT2D eigenvalue weighted by Gasteiger charge is -2.03. The Morgan fingerprint density at radius 1 is 1.24 bits per heavy atom. The fourth-order valence-corrected chi connectivity index (χ4v) is 4.00. The maximum absolute atomic E-state index is 11.3. The van der Waals surface area contributed by atoms with Crippen LogP contribution in [0.3, 0.4) is 0 Å². The van der Waals surface area contributed by atoms with E-state index in [1.807, 2.05) is 30.3 Å². The number of rotatable bonds is 2. The van der Waals surface area contributed by atoms with Gasteiger partial charge in [0, 0.05) is 21.0 Å². The van der Waals surface area contributed by atoms with E-state index in [9.17, 15) is 9.90 Å². The molecule has 21 heavy (non-hydrogen) atoms. The Morgan fingerprint density at radius 3 is 2.86 bits per heavy atom. The highest BCUT2D eigenvalue weighted by Gasteiger charge is 2.17. The van der Waals surface area contributed by atoms with Crippen molar-refractivity contribution in [2.75, 3.05) is 5.32 Å². The topological polar surface area (TPSA) is 61.7 Å². The number of aliphatic imine (C=N–C) groups is 1. The van der Waals surface area contributed by atoms with Gasteiger partial charge in [-0.05, 0) is 75.0 Å². The molecule has 0 aliphatic carbocycles. The Balaban J connectivity index is 1.91. The monoisotopic (exact) mass is 504 g/mol. The molecular formula is C15H10I2N2O2. The van der Waals surface area contributed by atoms with Crippen molar-refractivity contribution >= 4 is 68.7 Å². The second-order valence-electron chi connectivity index (χ2n) is 4.65. The van der Waals surface area contributed by atoms with E-state index >= 15 is 0 Å². The SMILES string of the molecule is O=C1Cc2ccc(N=Cc3cc(I)cc(I)c3O)cc2N1. The molecule has 6 heteroatoms. The Labute approximate surface area is 149 Å². The van der Waals surface area contributed by atoms with Crippen LogP contribution in [0.5, 0.6) is 5.75 Å². The quantitative estimate of drug-likeness (QED) is 0.483. The third-order valence-corrected chi connectivity index (χ3v) is 4.57. The van der Waals surface area contributed by atoms with E-state index in [2.05, 4.69) is 55.5 Å². The molecule has 2 aromatic carbocycles. The number of amides is 1. The van der Waals surface area contributed by atoms with Crippen LogP contribution in [-0.2, 0) is 11.2 Å². The minimum absolute atomic E-state index is 0.0101. The largest absolute Gasteiger partial charge is 0.506 e. The molecule has 0 radical (unpaired) electrons. The molecule has 0 bridgehead atoms. The molecule has 0 aromatic heterocycles. The number of hydrogen-bond donors (Lipinski definition) is 2. The Bertz CT molecular complexity index is 773. The van der Waals surface area contributed by atoms with E-state index in [-0.39, 0.29) is 11.7 Å². The summed E-state index contributed by atoms with van der Waals surface area (Å²) >= 11 is 4.30. The third-order valence-electron chi connectivity index (χ3n) is 3.13. The maximum Gasteiger partial charge on any atom is 0.228 e. The van der Waals surface area contributed by atoms with Crippen molar-refractivity contribution in [3.63, 3.8) is 0 Å². The van der Waals surface area contributed by atoms with Crippen LogP contribution < -0.4 is 5.32 Å². The first-order chi connectivity index (χ1) is 10.0. The highest BCUT2D eigenvalue weighted by molar-refractivity contribution is 14.1. The van der Waals surface area contributed by atoms with Gasteiger partial charge in [0.2, 0.25) is 5.91 Å². The van der Waals surface area contributed by atoms with E-state index in [0.717, 1.165) is 24.1 Å². The molecule has 0 saturated heterocycles. The second-order valence-corrected chi connectivity index (χ2v) is 7.06. The molecule has 1 heterocycles. The first kappa shape index (κ1) is 14.8. The van der Waals surface area contributed by atoms with Gasteiger partial charge in [0.25, 0.3) is 0 Å². The molecule has 0 saturated carbocycles. The predicted molar refractivity (Wildman–Crippen MR) is 99.6 cm³/mol. The van der Waals surface area contributed by atoms with E-state index in [0.29, 0.717) is 12.0 Å². The number of aromatic hydroxyl groups is 1. The number of carbonyl (C=O) groups is 1. The van der Waals surface area contributed by atoms with Gasteiger partial charge in [0.15, 0.2) is 0 Å². The van der Waals surface area contributed by atoms with Crippen LogP contribution in [0.2, 0.25) is 0 Å². The van der Waals surface area contributed by atoms with Crippen LogP contribution in [0.1, 0.15) is 11.1 Å². The number of nitrogens with zero attached hydrogens (tertiary/aromatic N) is 1. The molecule has 1 amide bonds. The summed E-state index contributed by atoms with van der Waals surface area (Å²) in [4.78, 5) is 15.7.